The number of nitrogens with zero attached hydrogens (tertiary/aromatic N) is 6. The van der Waals surface area contributed by atoms with E-state index in [1.54, 1.807) is 0 Å². The molecule has 2 bridgehead atoms. The van der Waals surface area contributed by atoms with E-state index in [0.717, 1.165) is 18.5 Å². The lowest BCUT2D eigenvalue weighted by atomic mass is 9.92. The van der Waals surface area contributed by atoms with E-state index in [1.165, 1.54) is 23.9 Å². The van der Waals surface area contributed by atoms with Crippen LogP contribution in [-0.2, 0) is 11.3 Å². The zero-order chi connectivity index (χ0) is 18.4. The van der Waals surface area contributed by atoms with Crippen LogP contribution in [0.3, 0.4) is 0 Å². The Balaban J connectivity index is 1.21. The predicted molar refractivity (Wildman–Crippen MR) is 92.4 cm³/mol. The highest BCUT2D eigenvalue weighted by Crippen LogP contribution is 2.39. The van der Waals surface area contributed by atoms with Crippen molar-refractivity contribution in [2.75, 3.05) is 13.1 Å². The molecule has 1 saturated heterocycles. The minimum atomic E-state index is -0.117. The van der Waals surface area contributed by atoms with E-state index in [1.807, 2.05) is 11.0 Å². The van der Waals surface area contributed by atoms with Gasteiger partial charge in [-0.15, -0.1) is 5.10 Å². The van der Waals surface area contributed by atoms with Gasteiger partial charge in [0.05, 0.1) is 0 Å². The number of tetrazole rings is 1. The van der Waals surface area contributed by atoms with Gasteiger partial charge in [0, 0.05) is 30.7 Å². The van der Waals surface area contributed by atoms with Crippen molar-refractivity contribution >= 4 is 11.8 Å². The summed E-state index contributed by atoms with van der Waals surface area (Å²) in [4.78, 5) is 27.0. The summed E-state index contributed by atoms with van der Waals surface area (Å²) >= 11 is 0. The van der Waals surface area contributed by atoms with Gasteiger partial charge >= 0.3 is 0 Å². The van der Waals surface area contributed by atoms with Gasteiger partial charge in [0.1, 0.15) is 18.6 Å². The van der Waals surface area contributed by atoms with E-state index >= 15 is 0 Å². The van der Waals surface area contributed by atoms with Gasteiger partial charge in [0.25, 0.3) is 5.91 Å². The first kappa shape index (κ1) is 16.4. The molecule has 2 aliphatic carbocycles. The number of rotatable bonds is 5. The Hall–Kier alpha value is -2.78. The van der Waals surface area contributed by atoms with E-state index in [-0.39, 0.29) is 36.2 Å². The number of H-pyrrole nitrogens is 1. The van der Waals surface area contributed by atoms with Crippen LogP contribution in [0.2, 0.25) is 0 Å². The van der Waals surface area contributed by atoms with E-state index in [2.05, 4.69) is 31.0 Å². The lowest BCUT2D eigenvalue weighted by molar-refractivity contribution is -0.134. The number of carbonyl (C=O) groups is 2. The van der Waals surface area contributed by atoms with Gasteiger partial charge in [-0.05, 0) is 54.0 Å². The largest absolute Gasteiger partial charge is 0.347 e. The van der Waals surface area contributed by atoms with Gasteiger partial charge in [-0.2, -0.15) is 5.10 Å². The molecule has 0 aromatic carbocycles. The molecule has 3 heterocycles. The molecule has 1 aliphatic heterocycles. The molecule has 5 rings (SSSR count). The molecular formula is C17H22N8O2. The maximum absolute atomic E-state index is 12.6. The average molecular weight is 370 g/mol. The number of hydrogen-bond acceptors (Lipinski definition) is 6. The Morgan fingerprint density at radius 2 is 1.96 bits per heavy atom. The number of fused-ring (bicyclic) bond motifs is 2. The molecule has 2 saturated carbocycles. The normalized spacial score (nSPS) is 27.0. The smallest absolute Gasteiger partial charge is 0.272 e. The summed E-state index contributed by atoms with van der Waals surface area (Å²) in [6, 6.07) is 1.98. The maximum Gasteiger partial charge on any atom is 0.272 e. The van der Waals surface area contributed by atoms with Crippen LogP contribution in [0, 0.1) is 11.8 Å². The molecule has 2 aromatic heterocycles. The number of amides is 2. The molecule has 0 spiro atoms. The Morgan fingerprint density at radius 3 is 2.63 bits per heavy atom. The molecule has 10 nitrogen and oxygen atoms in total. The van der Waals surface area contributed by atoms with Crippen LogP contribution >= 0.6 is 0 Å². The van der Waals surface area contributed by atoms with Gasteiger partial charge in [-0.25, -0.2) is 4.68 Å². The predicted octanol–water partition coefficient (Wildman–Crippen LogP) is -0.0594. The SMILES string of the molecule is O=C(NC1[C@@H]2CC[C@H]1CN(C(=O)Cn1cnnn1)C2)c1cc(C2CC2)[nH]n1. The monoisotopic (exact) mass is 370 g/mol. The lowest BCUT2D eigenvalue weighted by Crippen LogP contribution is -2.54. The third kappa shape index (κ3) is 3.19. The van der Waals surface area contributed by atoms with E-state index in [4.69, 9.17) is 0 Å². The van der Waals surface area contributed by atoms with Gasteiger partial charge < -0.3 is 10.2 Å². The summed E-state index contributed by atoms with van der Waals surface area (Å²) in [6.07, 6.45) is 5.84. The van der Waals surface area contributed by atoms with Crippen molar-refractivity contribution in [3.05, 3.63) is 23.8 Å². The zero-order valence-corrected chi connectivity index (χ0v) is 14.9. The summed E-state index contributed by atoms with van der Waals surface area (Å²) in [6.45, 7) is 1.48. The molecule has 3 fully saturated rings. The maximum atomic E-state index is 12.6. The Bertz CT molecular complexity index is 829. The van der Waals surface area contributed by atoms with Crippen molar-refractivity contribution in [2.45, 2.75) is 44.2 Å². The van der Waals surface area contributed by atoms with Crippen molar-refractivity contribution in [1.82, 2.24) is 40.6 Å². The van der Waals surface area contributed by atoms with E-state index in [0.29, 0.717) is 24.7 Å². The highest BCUT2D eigenvalue weighted by atomic mass is 16.2. The standard InChI is InChI=1S/C17H22N8O2/c26-15(8-25-9-18-22-23-25)24-6-11-3-4-12(7-24)16(11)19-17(27)14-5-13(20-21-14)10-1-2-10/h5,9-12,16H,1-4,6-8H2,(H,19,27)(H,20,21)/t11-,12+,16?. The van der Waals surface area contributed by atoms with Crippen LogP contribution in [0.15, 0.2) is 12.4 Å². The average Bonchev–Trinajstić information content (AvgIpc) is 3.06. The Kier molecular flexibility index (Phi) is 3.91. The van der Waals surface area contributed by atoms with Crippen LogP contribution in [-0.4, -0.2) is 66.3 Å². The molecule has 3 aliphatic rings. The Morgan fingerprint density at radius 1 is 1.19 bits per heavy atom. The second-order valence-corrected chi connectivity index (χ2v) is 7.89. The molecule has 1 unspecified atom stereocenters. The van der Waals surface area contributed by atoms with E-state index < -0.39 is 0 Å². The van der Waals surface area contributed by atoms with Gasteiger partial charge in [0.2, 0.25) is 5.91 Å². The second kappa shape index (κ2) is 6.43. The third-order valence-electron chi connectivity index (χ3n) is 6.02. The summed E-state index contributed by atoms with van der Waals surface area (Å²) in [5, 5.41) is 21.2. The van der Waals surface area contributed by atoms with Gasteiger partial charge in [-0.3, -0.25) is 14.7 Å². The minimum Gasteiger partial charge on any atom is -0.347 e. The summed E-state index contributed by atoms with van der Waals surface area (Å²) < 4.78 is 1.44. The van der Waals surface area contributed by atoms with Crippen molar-refractivity contribution in [2.24, 2.45) is 11.8 Å². The zero-order valence-electron chi connectivity index (χ0n) is 14.9. The van der Waals surface area contributed by atoms with Crippen LogP contribution in [0.5, 0.6) is 0 Å². The molecule has 2 aromatic rings. The number of likely N-dealkylation sites (tertiary alicyclic amines) is 1. The van der Waals surface area contributed by atoms with Crippen molar-refractivity contribution in [3.8, 4) is 0 Å². The first-order chi connectivity index (χ1) is 13.2. The fraction of sp³-hybridized carbons (Fsp3) is 0.647. The summed E-state index contributed by atoms with van der Waals surface area (Å²) in [7, 11) is 0. The quantitative estimate of drug-likeness (QED) is 0.760. The molecular weight excluding hydrogens is 348 g/mol. The highest BCUT2D eigenvalue weighted by Gasteiger charge is 2.44. The number of nitrogens with one attached hydrogen (secondary N) is 2. The summed E-state index contributed by atoms with van der Waals surface area (Å²) in [5.41, 5.74) is 1.53. The number of piperidine rings is 1. The van der Waals surface area contributed by atoms with Crippen molar-refractivity contribution < 1.29 is 9.59 Å². The number of aromatic nitrogens is 6. The van der Waals surface area contributed by atoms with Crippen molar-refractivity contribution in [3.63, 3.8) is 0 Å². The molecule has 3 atom stereocenters. The van der Waals surface area contributed by atoms with Crippen molar-refractivity contribution in [1.29, 1.82) is 0 Å². The highest BCUT2D eigenvalue weighted by molar-refractivity contribution is 5.92. The second-order valence-electron chi connectivity index (χ2n) is 7.89. The number of aromatic amines is 1. The molecule has 10 heteroatoms. The van der Waals surface area contributed by atoms with Crippen LogP contribution in [0.1, 0.15) is 47.8 Å². The van der Waals surface area contributed by atoms with Gasteiger partial charge in [0.15, 0.2) is 0 Å². The fourth-order valence-corrected chi connectivity index (χ4v) is 4.43. The Labute approximate surface area is 155 Å². The third-order valence-corrected chi connectivity index (χ3v) is 6.02. The number of carbonyl (C=O) groups excluding carboxylic acids is 2. The molecule has 2 N–H and O–H groups in total. The van der Waals surface area contributed by atoms with Crippen LogP contribution in [0.4, 0.5) is 0 Å². The molecule has 27 heavy (non-hydrogen) atoms. The summed E-state index contributed by atoms with van der Waals surface area (Å²) in [5.74, 6) is 1.02. The van der Waals surface area contributed by atoms with Gasteiger partial charge in [-0.1, -0.05) is 0 Å². The van der Waals surface area contributed by atoms with Crippen LogP contribution < -0.4 is 5.32 Å². The number of hydrogen-bond donors (Lipinski definition) is 2. The van der Waals surface area contributed by atoms with E-state index in [9.17, 15) is 9.59 Å². The topological polar surface area (TPSA) is 122 Å². The first-order valence-electron chi connectivity index (χ1n) is 9.52. The minimum absolute atomic E-state index is 0.0188. The molecule has 142 valence electrons. The fourth-order valence-electron chi connectivity index (χ4n) is 4.43. The molecule has 2 amide bonds. The van der Waals surface area contributed by atoms with Crippen LogP contribution in [0.25, 0.3) is 0 Å². The molecule has 0 radical (unpaired) electrons. The lowest BCUT2D eigenvalue weighted by Gasteiger charge is -2.38. The first-order valence-corrected chi connectivity index (χ1v) is 9.52.